The highest BCUT2D eigenvalue weighted by Gasteiger charge is 2.73. The van der Waals surface area contributed by atoms with E-state index in [1.54, 1.807) is 0 Å². The van der Waals surface area contributed by atoms with Crippen LogP contribution in [0.25, 0.3) is 0 Å². The average molecular weight is 268 g/mol. The van der Waals surface area contributed by atoms with Crippen molar-refractivity contribution in [1.82, 2.24) is 0 Å². The summed E-state index contributed by atoms with van der Waals surface area (Å²) in [5.74, 6) is -0.312. The molecule has 0 aromatic heterocycles. The minimum Gasteiger partial charge on any atom is -0.396 e. The van der Waals surface area contributed by atoms with E-state index in [-0.39, 0.29) is 18.4 Å². The van der Waals surface area contributed by atoms with Crippen LogP contribution in [0.5, 0.6) is 0 Å². The summed E-state index contributed by atoms with van der Waals surface area (Å²) < 4.78 is 0. The van der Waals surface area contributed by atoms with E-state index in [0.29, 0.717) is 24.8 Å². The molecule has 0 amide bonds. The van der Waals surface area contributed by atoms with E-state index in [0.717, 1.165) is 0 Å². The Morgan fingerprint density at radius 2 is 1.89 bits per heavy atom. The molecule has 0 heterocycles. The Kier molecular flexibility index (Phi) is 2.58. The lowest BCUT2D eigenvalue weighted by molar-refractivity contribution is -0.0653. The summed E-state index contributed by atoms with van der Waals surface area (Å²) in [6.07, 6.45) is 0.495. The first kappa shape index (κ1) is 13.6. The van der Waals surface area contributed by atoms with Gasteiger partial charge in [0.05, 0.1) is 17.8 Å². The van der Waals surface area contributed by atoms with Gasteiger partial charge in [0.1, 0.15) is 0 Å². The second-order valence-electron chi connectivity index (χ2n) is 7.47. The molecule has 0 bridgehead atoms. The molecule has 7 unspecified atom stereocenters. The van der Waals surface area contributed by atoms with Crippen LogP contribution in [-0.4, -0.2) is 44.8 Å². The molecule has 4 nitrogen and oxygen atoms in total. The molecule has 3 aliphatic carbocycles. The summed E-state index contributed by atoms with van der Waals surface area (Å²) >= 11 is 0. The molecule has 0 radical (unpaired) electrons. The van der Waals surface area contributed by atoms with Gasteiger partial charge in [0.25, 0.3) is 0 Å². The Balaban J connectivity index is 2.13. The first-order valence-corrected chi connectivity index (χ1v) is 7.09. The summed E-state index contributed by atoms with van der Waals surface area (Å²) in [4.78, 5) is 0. The standard InChI is InChI=1S/C15H24O4/c1-8-10(17)4-9-5-14(3)11(18)6-13(2,7-16)12(14)15(8,9)19/h9-12,16-19H,1,4-7H2,2-3H3. The lowest BCUT2D eigenvalue weighted by Crippen LogP contribution is -2.48. The molecule has 3 fully saturated rings. The Bertz CT molecular complexity index is 436. The van der Waals surface area contributed by atoms with Crippen LogP contribution in [0.1, 0.15) is 33.1 Å². The van der Waals surface area contributed by atoms with Crippen LogP contribution in [0, 0.1) is 22.7 Å². The molecule has 0 aromatic carbocycles. The SMILES string of the molecule is C=C1C(O)CC2CC3(C)C(O)CC(C)(CO)C3C12O. The molecule has 0 aliphatic heterocycles. The molecule has 0 saturated heterocycles. The van der Waals surface area contributed by atoms with Crippen molar-refractivity contribution in [3.8, 4) is 0 Å². The van der Waals surface area contributed by atoms with Crippen LogP contribution in [-0.2, 0) is 0 Å². The maximum absolute atomic E-state index is 11.2. The van der Waals surface area contributed by atoms with E-state index < -0.39 is 28.6 Å². The summed E-state index contributed by atoms with van der Waals surface area (Å²) in [5, 5.41) is 41.4. The highest BCUT2D eigenvalue weighted by Crippen LogP contribution is 2.71. The van der Waals surface area contributed by atoms with Crippen LogP contribution >= 0.6 is 0 Å². The molecular weight excluding hydrogens is 244 g/mol. The fourth-order valence-corrected chi connectivity index (χ4v) is 5.54. The van der Waals surface area contributed by atoms with E-state index in [1.807, 2.05) is 13.8 Å². The van der Waals surface area contributed by atoms with E-state index in [9.17, 15) is 20.4 Å². The fraction of sp³-hybridized carbons (Fsp3) is 0.867. The second kappa shape index (κ2) is 3.61. The van der Waals surface area contributed by atoms with Gasteiger partial charge in [-0.2, -0.15) is 0 Å². The van der Waals surface area contributed by atoms with Crippen LogP contribution in [0.15, 0.2) is 12.2 Å². The monoisotopic (exact) mass is 268 g/mol. The third-order valence-electron chi connectivity index (χ3n) is 6.31. The van der Waals surface area contributed by atoms with Crippen molar-refractivity contribution >= 4 is 0 Å². The maximum atomic E-state index is 11.2. The van der Waals surface area contributed by atoms with E-state index >= 15 is 0 Å². The van der Waals surface area contributed by atoms with Gasteiger partial charge in [-0.3, -0.25) is 0 Å². The van der Waals surface area contributed by atoms with E-state index in [1.165, 1.54) is 0 Å². The van der Waals surface area contributed by atoms with Gasteiger partial charge in [0.15, 0.2) is 0 Å². The average Bonchev–Trinajstić information content (AvgIpc) is 2.77. The van der Waals surface area contributed by atoms with Gasteiger partial charge in [0.2, 0.25) is 0 Å². The van der Waals surface area contributed by atoms with Crippen LogP contribution in [0.2, 0.25) is 0 Å². The van der Waals surface area contributed by atoms with Crippen molar-refractivity contribution in [1.29, 1.82) is 0 Å². The molecule has 7 atom stereocenters. The molecule has 3 rings (SSSR count). The van der Waals surface area contributed by atoms with Gasteiger partial charge < -0.3 is 20.4 Å². The lowest BCUT2D eigenvalue weighted by Gasteiger charge is -2.42. The first-order valence-electron chi connectivity index (χ1n) is 7.09. The van der Waals surface area contributed by atoms with E-state index in [2.05, 4.69) is 6.58 Å². The molecule has 0 aromatic rings. The topological polar surface area (TPSA) is 80.9 Å². The lowest BCUT2D eigenvalue weighted by atomic mass is 9.65. The minimum atomic E-state index is -1.15. The van der Waals surface area contributed by atoms with Crippen LogP contribution < -0.4 is 0 Å². The Labute approximate surface area is 113 Å². The molecule has 4 heteroatoms. The number of aliphatic hydroxyl groups excluding tert-OH is 3. The summed E-state index contributed by atoms with van der Waals surface area (Å²) in [6, 6.07) is 0. The largest absolute Gasteiger partial charge is 0.396 e. The summed E-state index contributed by atoms with van der Waals surface area (Å²) in [7, 11) is 0. The van der Waals surface area contributed by atoms with Gasteiger partial charge >= 0.3 is 0 Å². The van der Waals surface area contributed by atoms with E-state index in [4.69, 9.17) is 0 Å². The highest BCUT2D eigenvalue weighted by molar-refractivity contribution is 5.35. The van der Waals surface area contributed by atoms with Crippen LogP contribution in [0.3, 0.4) is 0 Å². The van der Waals surface area contributed by atoms with Crippen molar-refractivity contribution in [2.75, 3.05) is 6.61 Å². The Hall–Kier alpha value is -0.420. The smallest absolute Gasteiger partial charge is 0.0948 e. The molecule has 19 heavy (non-hydrogen) atoms. The Morgan fingerprint density at radius 1 is 1.26 bits per heavy atom. The van der Waals surface area contributed by atoms with Gasteiger partial charge in [-0.1, -0.05) is 20.4 Å². The summed E-state index contributed by atoms with van der Waals surface area (Å²) in [6.45, 7) is 7.76. The van der Waals surface area contributed by atoms with Crippen molar-refractivity contribution in [2.45, 2.75) is 50.9 Å². The minimum absolute atomic E-state index is 0.0641. The number of aliphatic hydroxyl groups is 4. The van der Waals surface area contributed by atoms with Crippen molar-refractivity contribution < 1.29 is 20.4 Å². The zero-order valence-electron chi connectivity index (χ0n) is 11.6. The molecule has 0 spiro atoms. The molecule has 4 N–H and O–H groups in total. The van der Waals surface area contributed by atoms with Crippen LogP contribution in [0.4, 0.5) is 0 Å². The molecule has 3 aliphatic rings. The quantitative estimate of drug-likeness (QED) is 0.520. The normalized spacial score (nSPS) is 60.4. The maximum Gasteiger partial charge on any atom is 0.0948 e. The third kappa shape index (κ3) is 1.33. The van der Waals surface area contributed by atoms with Crippen molar-refractivity contribution in [3.05, 3.63) is 12.2 Å². The number of hydrogen-bond acceptors (Lipinski definition) is 4. The molecule has 108 valence electrons. The second-order valence-corrected chi connectivity index (χ2v) is 7.47. The Morgan fingerprint density at radius 3 is 2.47 bits per heavy atom. The van der Waals surface area contributed by atoms with Crippen molar-refractivity contribution in [2.24, 2.45) is 22.7 Å². The summed E-state index contributed by atoms with van der Waals surface area (Å²) in [5.41, 5.74) is -1.60. The van der Waals surface area contributed by atoms with Crippen molar-refractivity contribution in [3.63, 3.8) is 0 Å². The zero-order chi connectivity index (χ0) is 14.2. The fourth-order valence-electron chi connectivity index (χ4n) is 5.54. The number of fused-ring (bicyclic) bond motifs is 3. The third-order valence-corrected chi connectivity index (χ3v) is 6.31. The molecular formula is C15H24O4. The predicted molar refractivity (Wildman–Crippen MR) is 70.2 cm³/mol. The molecule has 3 saturated carbocycles. The van der Waals surface area contributed by atoms with Gasteiger partial charge in [-0.15, -0.1) is 0 Å². The predicted octanol–water partition coefficient (Wildman–Crippen LogP) is 0.444. The first-order chi connectivity index (χ1) is 8.70. The number of rotatable bonds is 1. The zero-order valence-corrected chi connectivity index (χ0v) is 11.6. The number of hydrogen-bond donors (Lipinski definition) is 4. The van der Waals surface area contributed by atoms with Gasteiger partial charge in [-0.25, -0.2) is 0 Å². The highest BCUT2D eigenvalue weighted by atomic mass is 16.3. The van der Waals surface area contributed by atoms with Gasteiger partial charge in [0, 0.05) is 17.9 Å². The van der Waals surface area contributed by atoms with Gasteiger partial charge in [-0.05, 0) is 36.2 Å².